The van der Waals surface area contributed by atoms with Gasteiger partial charge in [0.2, 0.25) is 11.4 Å². The molecule has 3 saturated heterocycles. The Bertz CT molecular complexity index is 1750. The molecular weight excluding hydrogens is 576 g/mol. The van der Waals surface area contributed by atoms with Gasteiger partial charge in [0.15, 0.2) is 5.54 Å². The number of esters is 2. The zero-order chi connectivity index (χ0) is 31.7. The Morgan fingerprint density at radius 1 is 0.844 bits per heavy atom. The minimum absolute atomic E-state index is 0.187. The first kappa shape index (κ1) is 28.6. The van der Waals surface area contributed by atoms with Gasteiger partial charge in [0.1, 0.15) is 6.04 Å². The predicted molar refractivity (Wildman–Crippen MR) is 161 cm³/mol. The summed E-state index contributed by atoms with van der Waals surface area (Å²) in [5.41, 5.74) is -1.79. The summed E-state index contributed by atoms with van der Waals surface area (Å²) in [4.78, 5) is 74.7. The Kier molecular flexibility index (Phi) is 6.50. The van der Waals surface area contributed by atoms with E-state index in [0.717, 1.165) is 24.7 Å². The summed E-state index contributed by atoms with van der Waals surface area (Å²) in [7, 11) is 2.27. The van der Waals surface area contributed by atoms with Crippen LogP contribution >= 0.6 is 0 Å². The molecule has 0 aliphatic carbocycles. The number of benzene rings is 3. The fourth-order valence-corrected chi connectivity index (χ4v) is 7.78. The number of anilines is 2. The van der Waals surface area contributed by atoms with Crippen LogP contribution in [0, 0.1) is 5.92 Å². The van der Waals surface area contributed by atoms with Crippen LogP contribution in [0.15, 0.2) is 97.6 Å². The van der Waals surface area contributed by atoms with E-state index < -0.39 is 58.7 Å². The van der Waals surface area contributed by atoms with Crippen molar-refractivity contribution in [2.24, 2.45) is 5.92 Å². The molecule has 228 valence electrons. The summed E-state index contributed by atoms with van der Waals surface area (Å²) in [6.07, 6.45) is 1.30. The van der Waals surface area contributed by atoms with Crippen molar-refractivity contribution in [3.8, 4) is 0 Å². The zero-order valence-electron chi connectivity index (χ0n) is 24.7. The Morgan fingerprint density at radius 3 is 2.07 bits per heavy atom. The van der Waals surface area contributed by atoms with Crippen molar-refractivity contribution in [1.82, 2.24) is 10.0 Å². The number of hydrazine groups is 1. The number of ether oxygens (including phenoxy) is 2. The number of carbonyl (C=O) groups excluding carboxylic acids is 5. The van der Waals surface area contributed by atoms with Crippen LogP contribution in [0.2, 0.25) is 0 Å². The fraction of sp³-hybridized carbons (Fsp3) is 0.265. The van der Waals surface area contributed by atoms with E-state index in [1.165, 1.54) is 11.1 Å². The average Bonchev–Trinajstić information content (AvgIpc) is 3.74. The van der Waals surface area contributed by atoms with Crippen molar-refractivity contribution in [3.05, 3.63) is 109 Å². The van der Waals surface area contributed by atoms with E-state index in [9.17, 15) is 19.2 Å². The molecule has 0 saturated carbocycles. The lowest BCUT2D eigenvalue weighted by molar-refractivity contribution is -0.184. The Morgan fingerprint density at radius 2 is 1.44 bits per heavy atom. The monoisotopic (exact) mass is 606 g/mol. The van der Waals surface area contributed by atoms with Gasteiger partial charge in [-0.25, -0.2) is 19.5 Å². The molecule has 3 aromatic rings. The van der Waals surface area contributed by atoms with E-state index in [1.807, 2.05) is 30.3 Å². The molecule has 4 aliphatic heterocycles. The van der Waals surface area contributed by atoms with Crippen LogP contribution in [-0.4, -0.2) is 71.5 Å². The predicted octanol–water partition coefficient (Wildman–Crippen LogP) is 2.56. The smallest absolute Gasteiger partial charge is 0.339 e. The van der Waals surface area contributed by atoms with Gasteiger partial charge in [0.05, 0.1) is 32.4 Å². The van der Waals surface area contributed by atoms with Crippen molar-refractivity contribution in [2.75, 3.05) is 24.0 Å². The molecule has 11 heteroatoms. The number of nitrogens with zero attached hydrogens (tertiary/aromatic N) is 4. The second-order valence-corrected chi connectivity index (χ2v) is 11.5. The van der Waals surface area contributed by atoms with Gasteiger partial charge in [-0.1, -0.05) is 72.8 Å². The Labute approximate surface area is 259 Å². The molecule has 4 atom stereocenters. The second-order valence-electron chi connectivity index (χ2n) is 11.5. The molecule has 11 nitrogen and oxygen atoms in total. The van der Waals surface area contributed by atoms with E-state index in [1.54, 1.807) is 64.5 Å². The molecule has 3 fully saturated rings. The van der Waals surface area contributed by atoms with Gasteiger partial charge in [-0.2, -0.15) is 5.01 Å². The molecule has 4 aliphatic rings. The van der Waals surface area contributed by atoms with Gasteiger partial charge in [-0.15, -0.1) is 6.58 Å². The number of hydrogen-bond acceptors (Lipinski definition) is 9. The standard InChI is InChI=1S/C34H30N4O7/c1-4-22-19-33(31(42)44-2,32(43)45-3)38-27-26(28(39)36(29(27)40)23-15-9-6-10-16-23)34(37(22)38)24-17-11-12-18-25(24)35(30(34)41)20-21-13-7-5-8-14-21/h4-18,22,26-27H,1,19-20H2,2-3H3/t22-,26-,27+,34+/m1/s1. The summed E-state index contributed by atoms with van der Waals surface area (Å²) < 4.78 is 10.4. The van der Waals surface area contributed by atoms with E-state index in [2.05, 4.69) is 6.58 Å². The van der Waals surface area contributed by atoms with E-state index in [0.29, 0.717) is 16.9 Å². The van der Waals surface area contributed by atoms with Gasteiger partial charge < -0.3 is 14.4 Å². The normalized spacial score (nSPS) is 26.6. The van der Waals surface area contributed by atoms with Gasteiger partial charge in [0, 0.05) is 23.7 Å². The van der Waals surface area contributed by atoms with E-state index in [-0.39, 0.29) is 13.0 Å². The van der Waals surface area contributed by atoms with Gasteiger partial charge in [-0.05, 0) is 23.8 Å². The summed E-state index contributed by atoms with van der Waals surface area (Å²) in [5.74, 6) is -5.04. The van der Waals surface area contributed by atoms with Crippen LogP contribution in [0.3, 0.4) is 0 Å². The molecule has 3 amide bonds. The first-order chi connectivity index (χ1) is 21.8. The van der Waals surface area contributed by atoms with Crippen LogP contribution in [0.25, 0.3) is 0 Å². The molecule has 45 heavy (non-hydrogen) atoms. The number of carbonyl (C=O) groups is 5. The van der Waals surface area contributed by atoms with Crippen LogP contribution in [0.1, 0.15) is 17.5 Å². The summed E-state index contributed by atoms with van der Waals surface area (Å²) >= 11 is 0. The lowest BCUT2D eigenvalue weighted by atomic mass is 9.75. The Hall–Kier alpha value is -5.13. The maximum atomic E-state index is 15.2. The zero-order valence-corrected chi connectivity index (χ0v) is 24.7. The number of rotatable bonds is 6. The van der Waals surface area contributed by atoms with Crippen molar-refractivity contribution >= 4 is 41.0 Å². The molecule has 0 unspecified atom stereocenters. The van der Waals surface area contributed by atoms with Gasteiger partial charge in [0.25, 0.3) is 11.8 Å². The summed E-state index contributed by atoms with van der Waals surface area (Å²) in [5, 5.41) is 2.86. The summed E-state index contributed by atoms with van der Waals surface area (Å²) in [6.45, 7) is 4.16. The number of imide groups is 1. The Balaban J connectivity index is 1.52. The molecule has 0 bridgehead atoms. The highest BCUT2D eigenvalue weighted by atomic mass is 16.6. The first-order valence-corrected chi connectivity index (χ1v) is 14.5. The SMILES string of the molecule is C=C[C@@H]1CC(C(=O)OC)(C(=O)OC)N2[C@@H]3C(=O)N(c4ccccc4)C(=O)[C@@H]3[C@@]3(C(=O)N(Cc4ccccc4)c4ccccc43)N12. The summed E-state index contributed by atoms with van der Waals surface area (Å²) in [6, 6.07) is 22.7. The van der Waals surface area contributed by atoms with Crippen LogP contribution in [0.5, 0.6) is 0 Å². The van der Waals surface area contributed by atoms with Crippen LogP contribution in [0.4, 0.5) is 11.4 Å². The third-order valence-corrected chi connectivity index (χ3v) is 9.49. The van der Waals surface area contributed by atoms with Gasteiger partial charge >= 0.3 is 11.9 Å². The maximum Gasteiger partial charge on any atom is 0.339 e. The van der Waals surface area contributed by atoms with E-state index >= 15 is 4.79 Å². The highest BCUT2D eigenvalue weighted by molar-refractivity contribution is 6.27. The van der Waals surface area contributed by atoms with Crippen LogP contribution in [-0.2, 0) is 45.5 Å². The fourth-order valence-electron chi connectivity index (χ4n) is 7.78. The quantitative estimate of drug-likeness (QED) is 0.181. The average molecular weight is 607 g/mol. The van der Waals surface area contributed by atoms with Crippen molar-refractivity contribution in [3.63, 3.8) is 0 Å². The number of fused-ring (bicyclic) bond motifs is 7. The van der Waals surface area contributed by atoms with Gasteiger partial charge in [-0.3, -0.25) is 14.4 Å². The minimum Gasteiger partial charge on any atom is -0.467 e. The first-order valence-electron chi connectivity index (χ1n) is 14.5. The van der Waals surface area contributed by atoms with E-state index in [4.69, 9.17) is 9.47 Å². The minimum atomic E-state index is -2.18. The lowest BCUT2D eigenvalue weighted by Gasteiger charge is -2.41. The number of para-hydroxylation sites is 2. The molecule has 4 heterocycles. The number of amides is 3. The molecular formula is C34H30N4O7. The molecule has 3 aromatic carbocycles. The number of hydrogen-bond donors (Lipinski definition) is 0. The lowest BCUT2D eigenvalue weighted by Crippen LogP contribution is -2.64. The molecule has 0 N–H and O–H groups in total. The molecule has 0 aromatic heterocycles. The maximum absolute atomic E-state index is 15.2. The molecule has 1 spiro atoms. The third kappa shape index (κ3) is 3.50. The topological polar surface area (TPSA) is 117 Å². The van der Waals surface area contributed by atoms with Crippen molar-refractivity contribution < 1.29 is 33.4 Å². The largest absolute Gasteiger partial charge is 0.467 e. The highest BCUT2D eigenvalue weighted by Crippen LogP contribution is 2.63. The second kappa shape index (κ2) is 10.2. The third-order valence-electron chi connectivity index (χ3n) is 9.49. The van der Waals surface area contributed by atoms with Crippen LogP contribution < -0.4 is 9.80 Å². The molecule has 0 radical (unpaired) electrons. The molecule has 7 rings (SSSR count). The highest BCUT2D eigenvalue weighted by Gasteiger charge is 2.83. The number of methoxy groups -OCH3 is 2. The van der Waals surface area contributed by atoms with Crippen molar-refractivity contribution in [1.29, 1.82) is 0 Å². The van der Waals surface area contributed by atoms with Crippen molar-refractivity contribution in [2.45, 2.75) is 36.1 Å².